The molecule has 0 bridgehead atoms. The minimum atomic E-state index is 0.703. The van der Waals surface area contributed by atoms with Gasteiger partial charge < -0.3 is 5.32 Å². The Bertz CT molecular complexity index is 415. The molecule has 1 aromatic rings. The standard InChI is InChI=1S/C16H22N2/c1-3-12-18(2)13-15-7-5-4-6-14(15)10-11-17-16-8-9-16/h1,4-7,16-17H,8-13H2,2H3. The van der Waals surface area contributed by atoms with E-state index in [9.17, 15) is 0 Å². The van der Waals surface area contributed by atoms with Gasteiger partial charge in [0.1, 0.15) is 0 Å². The average molecular weight is 242 g/mol. The van der Waals surface area contributed by atoms with Crippen LogP contribution in [0, 0.1) is 12.3 Å². The van der Waals surface area contributed by atoms with Crippen molar-refractivity contribution >= 4 is 0 Å². The molecule has 1 N–H and O–H groups in total. The van der Waals surface area contributed by atoms with Crippen molar-refractivity contribution in [2.75, 3.05) is 20.1 Å². The summed E-state index contributed by atoms with van der Waals surface area (Å²) in [5.74, 6) is 2.69. The lowest BCUT2D eigenvalue weighted by Crippen LogP contribution is -2.21. The molecule has 1 aromatic carbocycles. The summed E-state index contributed by atoms with van der Waals surface area (Å²) >= 11 is 0. The predicted octanol–water partition coefficient (Wildman–Crippen LogP) is 2.05. The van der Waals surface area contributed by atoms with Crippen LogP contribution in [-0.2, 0) is 13.0 Å². The molecule has 0 atom stereocenters. The summed E-state index contributed by atoms with van der Waals surface area (Å²) in [7, 11) is 2.07. The highest BCUT2D eigenvalue weighted by Crippen LogP contribution is 2.18. The molecule has 0 amide bonds. The normalized spacial score (nSPS) is 14.7. The summed E-state index contributed by atoms with van der Waals surface area (Å²) in [4.78, 5) is 2.17. The van der Waals surface area contributed by atoms with Crippen LogP contribution in [0.4, 0.5) is 0 Å². The molecule has 1 aliphatic rings. The van der Waals surface area contributed by atoms with Crippen molar-refractivity contribution in [1.29, 1.82) is 0 Å². The molecular weight excluding hydrogens is 220 g/mol. The molecule has 1 saturated carbocycles. The van der Waals surface area contributed by atoms with Gasteiger partial charge in [0, 0.05) is 12.6 Å². The maximum absolute atomic E-state index is 5.34. The molecule has 2 heteroatoms. The summed E-state index contributed by atoms with van der Waals surface area (Å²) in [6.45, 7) is 2.72. The summed E-state index contributed by atoms with van der Waals surface area (Å²) in [5, 5.41) is 3.56. The van der Waals surface area contributed by atoms with Crippen molar-refractivity contribution < 1.29 is 0 Å². The summed E-state index contributed by atoms with van der Waals surface area (Å²) in [5.41, 5.74) is 2.84. The largest absolute Gasteiger partial charge is 0.314 e. The maximum Gasteiger partial charge on any atom is 0.0599 e. The zero-order valence-electron chi connectivity index (χ0n) is 11.2. The fraction of sp³-hybridized carbons (Fsp3) is 0.500. The van der Waals surface area contributed by atoms with E-state index in [0.717, 1.165) is 25.6 Å². The first kappa shape index (κ1) is 13.1. The average Bonchev–Trinajstić information content (AvgIpc) is 3.16. The van der Waals surface area contributed by atoms with Crippen LogP contribution in [-0.4, -0.2) is 31.1 Å². The molecule has 1 aliphatic carbocycles. The molecule has 0 aromatic heterocycles. The van der Waals surface area contributed by atoms with Crippen molar-refractivity contribution in [1.82, 2.24) is 10.2 Å². The molecule has 18 heavy (non-hydrogen) atoms. The molecule has 1 fully saturated rings. The molecule has 0 saturated heterocycles. The molecule has 0 unspecified atom stereocenters. The highest BCUT2D eigenvalue weighted by Gasteiger charge is 2.19. The van der Waals surface area contributed by atoms with Gasteiger partial charge in [-0.1, -0.05) is 30.2 Å². The van der Waals surface area contributed by atoms with Gasteiger partial charge in [0.05, 0.1) is 6.54 Å². The van der Waals surface area contributed by atoms with Gasteiger partial charge in [0.2, 0.25) is 0 Å². The third kappa shape index (κ3) is 4.18. The van der Waals surface area contributed by atoms with Crippen LogP contribution in [0.5, 0.6) is 0 Å². The van der Waals surface area contributed by atoms with Crippen molar-refractivity contribution in [3.05, 3.63) is 35.4 Å². The fourth-order valence-corrected chi connectivity index (χ4v) is 2.16. The van der Waals surface area contributed by atoms with Crippen LogP contribution in [0.25, 0.3) is 0 Å². The lowest BCUT2D eigenvalue weighted by Gasteiger charge is -2.16. The molecule has 0 spiro atoms. The number of nitrogens with one attached hydrogen (secondary N) is 1. The van der Waals surface area contributed by atoms with Gasteiger partial charge >= 0.3 is 0 Å². The van der Waals surface area contributed by atoms with E-state index in [1.165, 1.54) is 24.0 Å². The predicted molar refractivity (Wildman–Crippen MR) is 76.3 cm³/mol. The Hall–Kier alpha value is -1.30. The second-order valence-electron chi connectivity index (χ2n) is 5.12. The second kappa shape index (κ2) is 6.58. The first-order valence-corrected chi connectivity index (χ1v) is 6.72. The Labute approximate surface area is 110 Å². The Balaban J connectivity index is 1.89. The molecule has 0 aliphatic heterocycles. The Morgan fingerprint density at radius 3 is 2.72 bits per heavy atom. The van der Waals surface area contributed by atoms with E-state index in [2.05, 4.69) is 47.5 Å². The minimum absolute atomic E-state index is 0.703. The van der Waals surface area contributed by atoms with Crippen molar-refractivity contribution in [2.45, 2.75) is 31.8 Å². The fourth-order valence-electron chi connectivity index (χ4n) is 2.16. The number of nitrogens with zero attached hydrogens (tertiary/aromatic N) is 1. The Morgan fingerprint density at radius 2 is 2.06 bits per heavy atom. The highest BCUT2D eigenvalue weighted by atomic mass is 15.1. The van der Waals surface area contributed by atoms with Gasteiger partial charge in [-0.3, -0.25) is 4.90 Å². The third-order valence-electron chi connectivity index (χ3n) is 3.32. The molecular formula is C16H22N2. The monoisotopic (exact) mass is 242 g/mol. The van der Waals surface area contributed by atoms with E-state index in [4.69, 9.17) is 6.42 Å². The van der Waals surface area contributed by atoms with Crippen LogP contribution in [0.1, 0.15) is 24.0 Å². The first-order valence-electron chi connectivity index (χ1n) is 6.72. The third-order valence-corrected chi connectivity index (χ3v) is 3.32. The van der Waals surface area contributed by atoms with Crippen LogP contribution in [0.15, 0.2) is 24.3 Å². The molecule has 96 valence electrons. The van der Waals surface area contributed by atoms with Crippen LogP contribution in [0.2, 0.25) is 0 Å². The van der Waals surface area contributed by atoms with Crippen LogP contribution >= 0.6 is 0 Å². The lowest BCUT2D eigenvalue weighted by molar-refractivity contribution is 0.367. The van der Waals surface area contributed by atoms with E-state index in [1.54, 1.807) is 0 Å². The molecule has 2 rings (SSSR count). The van der Waals surface area contributed by atoms with E-state index in [0.29, 0.717) is 6.54 Å². The number of benzene rings is 1. The van der Waals surface area contributed by atoms with Crippen molar-refractivity contribution in [3.63, 3.8) is 0 Å². The van der Waals surface area contributed by atoms with E-state index in [1.807, 2.05) is 0 Å². The number of hydrogen-bond acceptors (Lipinski definition) is 2. The second-order valence-corrected chi connectivity index (χ2v) is 5.12. The summed E-state index contributed by atoms with van der Waals surface area (Å²) in [6, 6.07) is 9.46. The molecule has 0 heterocycles. The quantitative estimate of drug-likeness (QED) is 0.736. The minimum Gasteiger partial charge on any atom is -0.314 e. The summed E-state index contributed by atoms with van der Waals surface area (Å²) in [6.07, 6.45) is 9.16. The first-order chi connectivity index (χ1) is 8.79. The lowest BCUT2D eigenvalue weighted by atomic mass is 10.0. The summed E-state index contributed by atoms with van der Waals surface area (Å²) < 4.78 is 0. The number of terminal acetylenes is 1. The van der Waals surface area contributed by atoms with E-state index >= 15 is 0 Å². The topological polar surface area (TPSA) is 15.3 Å². The zero-order chi connectivity index (χ0) is 12.8. The van der Waals surface area contributed by atoms with Gasteiger partial charge in [0.25, 0.3) is 0 Å². The van der Waals surface area contributed by atoms with E-state index < -0.39 is 0 Å². The van der Waals surface area contributed by atoms with Gasteiger partial charge in [-0.05, 0) is 44.0 Å². The zero-order valence-corrected chi connectivity index (χ0v) is 11.2. The van der Waals surface area contributed by atoms with Crippen LogP contribution in [0.3, 0.4) is 0 Å². The van der Waals surface area contributed by atoms with E-state index in [-0.39, 0.29) is 0 Å². The highest BCUT2D eigenvalue weighted by molar-refractivity contribution is 5.27. The van der Waals surface area contributed by atoms with Gasteiger partial charge in [0.15, 0.2) is 0 Å². The van der Waals surface area contributed by atoms with Crippen LogP contribution < -0.4 is 5.32 Å². The van der Waals surface area contributed by atoms with Crippen molar-refractivity contribution in [2.24, 2.45) is 0 Å². The van der Waals surface area contributed by atoms with Gasteiger partial charge in [-0.15, -0.1) is 6.42 Å². The van der Waals surface area contributed by atoms with Crippen molar-refractivity contribution in [3.8, 4) is 12.3 Å². The maximum atomic E-state index is 5.34. The SMILES string of the molecule is C#CCN(C)Cc1ccccc1CCNC1CC1. The Morgan fingerprint density at radius 1 is 1.33 bits per heavy atom. The van der Waals surface area contributed by atoms with Gasteiger partial charge in [-0.25, -0.2) is 0 Å². The smallest absolute Gasteiger partial charge is 0.0599 e. The Kier molecular flexibility index (Phi) is 4.81. The number of hydrogen-bond donors (Lipinski definition) is 1. The van der Waals surface area contributed by atoms with Gasteiger partial charge in [-0.2, -0.15) is 0 Å². The number of rotatable bonds is 7. The molecule has 0 radical (unpaired) electrons. The molecule has 2 nitrogen and oxygen atoms in total.